The minimum atomic E-state index is -0.455. The van der Waals surface area contributed by atoms with Gasteiger partial charge in [-0.3, -0.25) is 0 Å². The molecule has 1 aliphatic heterocycles. The summed E-state index contributed by atoms with van der Waals surface area (Å²) in [6.07, 6.45) is 2.71. The number of hydrogen-bond donors (Lipinski definition) is 1. The number of aryl methyl sites for hydroxylation is 1. The Bertz CT molecular complexity index is 634. The molecule has 0 saturated carbocycles. The van der Waals surface area contributed by atoms with Crippen LogP contribution in [-0.4, -0.2) is 6.61 Å². The first-order valence-electron chi connectivity index (χ1n) is 7.34. The number of halogens is 1. The van der Waals surface area contributed by atoms with Crippen LogP contribution in [0.1, 0.15) is 30.0 Å². The molecule has 1 aliphatic rings. The Labute approximate surface area is 124 Å². The monoisotopic (exact) mass is 285 g/mol. The second-order valence-electron chi connectivity index (χ2n) is 5.96. The van der Waals surface area contributed by atoms with Crippen LogP contribution in [0.5, 0.6) is 5.75 Å². The molecule has 2 N–H and O–H groups in total. The van der Waals surface area contributed by atoms with Crippen LogP contribution in [0.3, 0.4) is 0 Å². The van der Waals surface area contributed by atoms with Crippen molar-refractivity contribution in [2.75, 3.05) is 6.61 Å². The maximum absolute atomic E-state index is 13.0. The molecule has 0 bridgehead atoms. The van der Waals surface area contributed by atoms with Crippen molar-refractivity contribution >= 4 is 0 Å². The normalized spacial score (nSPS) is 16.1. The van der Waals surface area contributed by atoms with Crippen molar-refractivity contribution in [3.8, 4) is 5.75 Å². The largest absolute Gasteiger partial charge is 0.493 e. The van der Waals surface area contributed by atoms with E-state index >= 15 is 0 Å². The van der Waals surface area contributed by atoms with Crippen LogP contribution in [0, 0.1) is 5.82 Å². The summed E-state index contributed by atoms with van der Waals surface area (Å²) in [6, 6.07) is 12.8. The van der Waals surface area contributed by atoms with Gasteiger partial charge >= 0.3 is 0 Å². The molecular formula is C18H20FNO. The molecule has 1 atom stereocenters. The van der Waals surface area contributed by atoms with E-state index in [0.29, 0.717) is 0 Å². The molecule has 2 nitrogen and oxygen atoms in total. The number of nitrogens with two attached hydrogens (primary N) is 1. The molecule has 0 spiro atoms. The van der Waals surface area contributed by atoms with E-state index in [1.807, 2.05) is 13.0 Å². The van der Waals surface area contributed by atoms with Crippen LogP contribution in [0.4, 0.5) is 4.39 Å². The van der Waals surface area contributed by atoms with Gasteiger partial charge in [0.1, 0.15) is 11.6 Å². The second kappa shape index (κ2) is 5.49. The Morgan fingerprint density at radius 1 is 1.19 bits per heavy atom. The molecule has 110 valence electrons. The molecule has 0 aromatic heterocycles. The summed E-state index contributed by atoms with van der Waals surface area (Å²) in [5, 5.41) is 0. The van der Waals surface area contributed by atoms with E-state index in [2.05, 4.69) is 12.1 Å². The van der Waals surface area contributed by atoms with Crippen LogP contribution in [0.25, 0.3) is 0 Å². The standard InChI is InChI=1S/C18H20FNO/c1-18(20,15-3-5-16(19)6-4-15)10-8-13-2-7-17-14(12-13)9-11-21-17/h2-7,12H,8-11,20H2,1H3. The predicted octanol–water partition coefficient (Wildman–Crippen LogP) is 3.57. The van der Waals surface area contributed by atoms with E-state index in [-0.39, 0.29) is 5.82 Å². The minimum absolute atomic E-state index is 0.229. The van der Waals surface area contributed by atoms with Gasteiger partial charge in [0.2, 0.25) is 0 Å². The molecule has 0 saturated heterocycles. The van der Waals surface area contributed by atoms with Gasteiger partial charge in [-0.25, -0.2) is 4.39 Å². The molecule has 2 aromatic carbocycles. The number of rotatable bonds is 4. The van der Waals surface area contributed by atoms with Gasteiger partial charge in [-0.2, -0.15) is 0 Å². The highest BCUT2D eigenvalue weighted by Crippen LogP contribution is 2.28. The molecule has 21 heavy (non-hydrogen) atoms. The van der Waals surface area contributed by atoms with Gasteiger partial charge in [-0.15, -0.1) is 0 Å². The SMILES string of the molecule is CC(N)(CCc1ccc2c(c1)CCO2)c1ccc(F)cc1. The van der Waals surface area contributed by atoms with Crippen LogP contribution in [0.2, 0.25) is 0 Å². The van der Waals surface area contributed by atoms with Crippen molar-refractivity contribution in [1.29, 1.82) is 0 Å². The Kier molecular flexibility index (Phi) is 3.68. The lowest BCUT2D eigenvalue weighted by Crippen LogP contribution is -2.33. The average Bonchev–Trinajstić information content (AvgIpc) is 2.93. The van der Waals surface area contributed by atoms with Crippen molar-refractivity contribution < 1.29 is 9.13 Å². The summed E-state index contributed by atoms with van der Waals surface area (Å²) in [5.74, 6) is 0.779. The van der Waals surface area contributed by atoms with E-state index in [1.165, 1.54) is 23.3 Å². The van der Waals surface area contributed by atoms with Gasteiger partial charge in [0.15, 0.2) is 0 Å². The van der Waals surface area contributed by atoms with E-state index < -0.39 is 5.54 Å². The quantitative estimate of drug-likeness (QED) is 0.932. The minimum Gasteiger partial charge on any atom is -0.493 e. The molecule has 0 radical (unpaired) electrons. The first kappa shape index (κ1) is 14.1. The molecule has 3 rings (SSSR count). The van der Waals surface area contributed by atoms with Gasteiger partial charge in [0, 0.05) is 12.0 Å². The summed E-state index contributed by atoms with van der Waals surface area (Å²) in [4.78, 5) is 0. The molecule has 0 fully saturated rings. The van der Waals surface area contributed by atoms with Crippen molar-refractivity contribution in [3.63, 3.8) is 0 Å². The topological polar surface area (TPSA) is 35.2 Å². The molecule has 1 heterocycles. The molecular weight excluding hydrogens is 265 g/mol. The smallest absolute Gasteiger partial charge is 0.123 e. The summed E-state index contributed by atoms with van der Waals surface area (Å²) < 4.78 is 18.5. The van der Waals surface area contributed by atoms with E-state index in [1.54, 1.807) is 12.1 Å². The van der Waals surface area contributed by atoms with Crippen molar-refractivity contribution in [1.82, 2.24) is 0 Å². The van der Waals surface area contributed by atoms with Crippen molar-refractivity contribution in [2.45, 2.75) is 31.7 Å². The van der Waals surface area contributed by atoms with Crippen LogP contribution in [0.15, 0.2) is 42.5 Å². The highest BCUT2D eigenvalue weighted by molar-refractivity contribution is 5.40. The Hall–Kier alpha value is -1.87. The lowest BCUT2D eigenvalue weighted by molar-refractivity contribution is 0.357. The molecule has 3 heteroatoms. The first-order chi connectivity index (χ1) is 10.0. The van der Waals surface area contributed by atoms with E-state index in [4.69, 9.17) is 10.5 Å². The van der Waals surface area contributed by atoms with Crippen molar-refractivity contribution in [3.05, 3.63) is 65.0 Å². The zero-order valence-electron chi connectivity index (χ0n) is 12.2. The fourth-order valence-corrected chi connectivity index (χ4v) is 2.77. The van der Waals surface area contributed by atoms with E-state index in [0.717, 1.165) is 37.2 Å². The predicted molar refractivity (Wildman–Crippen MR) is 81.9 cm³/mol. The van der Waals surface area contributed by atoms with Gasteiger partial charge < -0.3 is 10.5 Å². The highest BCUT2D eigenvalue weighted by atomic mass is 19.1. The van der Waals surface area contributed by atoms with Crippen molar-refractivity contribution in [2.24, 2.45) is 5.73 Å². The molecule has 1 unspecified atom stereocenters. The van der Waals surface area contributed by atoms with Crippen LogP contribution < -0.4 is 10.5 Å². The number of fused-ring (bicyclic) bond motifs is 1. The summed E-state index contributed by atoms with van der Waals surface area (Å²) in [6.45, 7) is 2.78. The molecule has 0 amide bonds. The molecule has 0 aliphatic carbocycles. The number of ether oxygens (including phenoxy) is 1. The third-order valence-corrected chi connectivity index (χ3v) is 4.19. The second-order valence-corrected chi connectivity index (χ2v) is 5.96. The summed E-state index contributed by atoms with van der Waals surface area (Å²) >= 11 is 0. The van der Waals surface area contributed by atoms with Gasteiger partial charge in [0.05, 0.1) is 6.61 Å². The average molecular weight is 285 g/mol. The van der Waals surface area contributed by atoms with E-state index in [9.17, 15) is 4.39 Å². The Balaban J connectivity index is 1.70. The first-order valence-corrected chi connectivity index (χ1v) is 7.34. The maximum Gasteiger partial charge on any atom is 0.123 e. The third-order valence-electron chi connectivity index (χ3n) is 4.19. The van der Waals surface area contributed by atoms with Gasteiger partial charge in [0.25, 0.3) is 0 Å². The summed E-state index contributed by atoms with van der Waals surface area (Å²) in [5.41, 5.74) is 9.47. The number of hydrogen-bond acceptors (Lipinski definition) is 2. The Morgan fingerprint density at radius 2 is 1.95 bits per heavy atom. The summed E-state index contributed by atoms with van der Waals surface area (Å²) in [7, 11) is 0. The van der Waals surface area contributed by atoms with Crippen LogP contribution in [-0.2, 0) is 18.4 Å². The Morgan fingerprint density at radius 3 is 2.71 bits per heavy atom. The van der Waals surface area contributed by atoms with Crippen LogP contribution >= 0.6 is 0 Å². The molecule has 2 aromatic rings. The lowest BCUT2D eigenvalue weighted by Gasteiger charge is -2.25. The third kappa shape index (κ3) is 3.08. The zero-order valence-corrected chi connectivity index (χ0v) is 12.2. The number of benzene rings is 2. The maximum atomic E-state index is 13.0. The van der Waals surface area contributed by atoms with Gasteiger partial charge in [-0.1, -0.05) is 24.3 Å². The lowest BCUT2D eigenvalue weighted by atomic mass is 9.87. The van der Waals surface area contributed by atoms with Gasteiger partial charge in [-0.05, 0) is 54.7 Å². The fourth-order valence-electron chi connectivity index (χ4n) is 2.77. The highest BCUT2D eigenvalue weighted by Gasteiger charge is 2.21. The fraction of sp³-hybridized carbons (Fsp3) is 0.333. The zero-order chi connectivity index (χ0) is 14.9.